The zero-order valence-electron chi connectivity index (χ0n) is 11.7. The summed E-state index contributed by atoms with van der Waals surface area (Å²) >= 11 is 0. The number of ether oxygens (including phenoxy) is 1. The average Bonchev–Trinajstić information content (AvgIpc) is 2.37. The predicted molar refractivity (Wildman–Crippen MR) is 74.2 cm³/mol. The van der Waals surface area contributed by atoms with Crippen LogP contribution in [0.4, 0.5) is 4.79 Å². The van der Waals surface area contributed by atoms with Gasteiger partial charge in [0, 0.05) is 12.2 Å². The number of hydrogen-bond acceptors (Lipinski definition) is 5. The summed E-state index contributed by atoms with van der Waals surface area (Å²) in [6.45, 7) is 5.10. The van der Waals surface area contributed by atoms with E-state index in [1.807, 2.05) is 12.2 Å². The summed E-state index contributed by atoms with van der Waals surface area (Å²) in [6, 6.07) is 2.65. The molecule has 0 fully saturated rings. The van der Waals surface area contributed by atoms with Crippen molar-refractivity contribution < 1.29 is 14.3 Å². The SMILES string of the molecule is CCCNCc1nc(C)ccc1OCC(=O)NC(N)=O. The molecule has 0 spiro atoms. The van der Waals surface area contributed by atoms with E-state index >= 15 is 0 Å². The third kappa shape index (κ3) is 5.66. The van der Waals surface area contributed by atoms with Gasteiger partial charge in [-0.25, -0.2) is 4.79 Å². The van der Waals surface area contributed by atoms with Crippen LogP contribution >= 0.6 is 0 Å². The number of carbonyl (C=O) groups is 2. The smallest absolute Gasteiger partial charge is 0.318 e. The van der Waals surface area contributed by atoms with E-state index < -0.39 is 11.9 Å². The molecule has 20 heavy (non-hydrogen) atoms. The molecule has 3 amide bonds. The van der Waals surface area contributed by atoms with Crippen LogP contribution in [0.5, 0.6) is 5.75 Å². The molecule has 0 aliphatic carbocycles. The fourth-order valence-corrected chi connectivity index (χ4v) is 1.56. The molecular weight excluding hydrogens is 260 g/mol. The van der Waals surface area contributed by atoms with Crippen molar-refractivity contribution in [3.8, 4) is 5.75 Å². The van der Waals surface area contributed by atoms with Crippen LogP contribution in [-0.4, -0.2) is 30.1 Å². The molecule has 1 heterocycles. The quantitative estimate of drug-likeness (QED) is 0.629. The third-order valence-corrected chi connectivity index (χ3v) is 2.41. The maximum Gasteiger partial charge on any atom is 0.318 e. The monoisotopic (exact) mass is 280 g/mol. The Labute approximate surface area is 117 Å². The number of nitrogens with zero attached hydrogens (tertiary/aromatic N) is 1. The largest absolute Gasteiger partial charge is 0.482 e. The van der Waals surface area contributed by atoms with Gasteiger partial charge in [-0.3, -0.25) is 15.1 Å². The Morgan fingerprint density at radius 3 is 2.80 bits per heavy atom. The molecular formula is C13H20N4O3. The number of urea groups is 1. The van der Waals surface area contributed by atoms with Crippen LogP contribution in [0.3, 0.4) is 0 Å². The van der Waals surface area contributed by atoms with Gasteiger partial charge in [0.2, 0.25) is 0 Å². The van der Waals surface area contributed by atoms with Crippen LogP contribution in [0.25, 0.3) is 0 Å². The second-order valence-corrected chi connectivity index (χ2v) is 4.28. The molecule has 4 N–H and O–H groups in total. The van der Waals surface area contributed by atoms with E-state index in [9.17, 15) is 9.59 Å². The van der Waals surface area contributed by atoms with Gasteiger partial charge in [-0.15, -0.1) is 0 Å². The van der Waals surface area contributed by atoms with Gasteiger partial charge >= 0.3 is 6.03 Å². The first-order chi connectivity index (χ1) is 9.52. The zero-order chi connectivity index (χ0) is 15.0. The topological polar surface area (TPSA) is 106 Å². The first kappa shape index (κ1) is 15.9. The Hall–Kier alpha value is -2.15. The summed E-state index contributed by atoms with van der Waals surface area (Å²) in [6.07, 6.45) is 1.02. The number of aryl methyl sites for hydroxylation is 1. The molecule has 0 aliphatic rings. The molecule has 0 bridgehead atoms. The first-order valence-electron chi connectivity index (χ1n) is 6.42. The molecule has 0 saturated carbocycles. The molecule has 0 radical (unpaired) electrons. The number of nitrogens with two attached hydrogens (primary N) is 1. The molecule has 7 nitrogen and oxygen atoms in total. The van der Waals surface area contributed by atoms with E-state index in [4.69, 9.17) is 10.5 Å². The van der Waals surface area contributed by atoms with Crippen molar-refractivity contribution in [1.82, 2.24) is 15.6 Å². The summed E-state index contributed by atoms with van der Waals surface area (Å²) in [5, 5.41) is 5.16. The van der Waals surface area contributed by atoms with Crippen molar-refractivity contribution in [2.75, 3.05) is 13.2 Å². The summed E-state index contributed by atoms with van der Waals surface area (Å²) in [7, 11) is 0. The lowest BCUT2D eigenvalue weighted by molar-refractivity contribution is -0.121. The van der Waals surface area contributed by atoms with Crippen molar-refractivity contribution in [2.45, 2.75) is 26.8 Å². The lowest BCUT2D eigenvalue weighted by atomic mass is 10.2. The molecule has 0 aromatic carbocycles. The highest BCUT2D eigenvalue weighted by Gasteiger charge is 2.09. The highest BCUT2D eigenvalue weighted by Crippen LogP contribution is 2.16. The van der Waals surface area contributed by atoms with Crippen molar-refractivity contribution in [3.63, 3.8) is 0 Å². The average molecular weight is 280 g/mol. The number of hydrogen-bond donors (Lipinski definition) is 3. The Morgan fingerprint density at radius 1 is 1.40 bits per heavy atom. The Morgan fingerprint density at radius 2 is 2.15 bits per heavy atom. The molecule has 0 atom stereocenters. The molecule has 7 heteroatoms. The van der Waals surface area contributed by atoms with Crippen molar-refractivity contribution in [2.24, 2.45) is 5.73 Å². The van der Waals surface area contributed by atoms with E-state index in [-0.39, 0.29) is 6.61 Å². The first-order valence-corrected chi connectivity index (χ1v) is 6.42. The number of nitrogens with one attached hydrogen (secondary N) is 2. The Balaban J connectivity index is 2.63. The van der Waals surface area contributed by atoms with Gasteiger partial charge in [-0.1, -0.05) is 6.92 Å². The molecule has 1 aromatic rings. The van der Waals surface area contributed by atoms with E-state index in [2.05, 4.69) is 17.2 Å². The van der Waals surface area contributed by atoms with Crippen LogP contribution in [0, 0.1) is 6.92 Å². The Bertz CT molecular complexity index is 477. The number of carbonyl (C=O) groups excluding carboxylic acids is 2. The minimum absolute atomic E-state index is 0.283. The van der Waals surface area contributed by atoms with Gasteiger partial charge in [-0.2, -0.15) is 0 Å². The summed E-state index contributed by atoms with van der Waals surface area (Å²) in [5.41, 5.74) is 6.44. The maximum atomic E-state index is 11.3. The number of primary amides is 1. The number of amides is 3. The van der Waals surface area contributed by atoms with Crippen LogP contribution in [0.2, 0.25) is 0 Å². The van der Waals surface area contributed by atoms with Crippen molar-refractivity contribution in [3.05, 3.63) is 23.5 Å². The van der Waals surface area contributed by atoms with Crippen molar-refractivity contribution in [1.29, 1.82) is 0 Å². The number of aromatic nitrogens is 1. The van der Waals surface area contributed by atoms with Crippen molar-refractivity contribution >= 4 is 11.9 Å². The van der Waals surface area contributed by atoms with Gasteiger partial charge in [0.1, 0.15) is 5.75 Å². The fourth-order valence-electron chi connectivity index (χ4n) is 1.56. The number of rotatable bonds is 7. The van der Waals surface area contributed by atoms with Crippen LogP contribution in [-0.2, 0) is 11.3 Å². The van der Waals surface area contributed by atoms with Crippen LogP contribution in [0.15, 0.2) is 12.1 Å². The lowest BCUT2D eigenvalue weighted by Gasteiger charge is -2.11. The molecule has 0 unspecified atom stereocenters. The molecule has 1 rings (SSSR count). The second kappa shape index (κ2) is 8.11. The Kier molecular flexibility index (Phi) is 6.45. The molecule has 0 saturated heterocycles. The highest BCUT2D eigenvalue weighted by atomic mass is 16.5. The van der Waals surface area contributed by atoms with Crippen LogP contribution in [0.1, 0.15) is 24.7 Å². The molecule has 0 aliphatic heterocycles. The number of pyridine rings is 1. The minimum atomic E-state index is -0.898. The maximum absolute atomic E-state index is 11.3. The lowest BCUT2D eigenvalue weighted by Crippen LogP contribution is -2.38. The number of imide groups is 1. The molecule has 110 valence electrons. The second-order valence-electron chi connectivity index (χ2n) is 4.28. The summed E-state index contributed by atoms with van der Waals surface area (Å²) < 4.78 is 5.36. The van der Waals surface area contributed by atoms with Gasteiger partial charge < -0.3 is 15.8 Å². The van der Waals surface area contributed by atoms with Gasteiger partial charge in [0.15, 0.2) is 6.61 Å². The van der Waals surface area contributed by atoms with Gasteiger partial charge in [0.05, 0.1) is 5.69 Å². The van der Waals surface area contributed by atoms with E-state index in [0.717, 1.165) is 24.4 Å². The van der Waals surface area contributed by atoms with E-state index in [1.54, 1.807) is 12.1 Å². The third-order valence-electron chi connectivity index (χ3n) is 2.41. The van der Waals surface area contributed by atoms with E-state index in [1.165, 1.54) is 0 Å². The normalized spacial score (nSPS) is 10.1. The van der Waals surface area contributed by atoms with E-state index in [0.29, 0.717) is 12.3 Å². The summed E-state index contributed by atoms with van der Waals surface area (Å²) in [4.78, 5) is 26.2. The van der Waals surface area contributed by atoms with Crippen LogP contribution < -0.4 is 21.1 Å². The molecule has 1 aromatic heterocycles. The fraction of sp³-hybridized carbons (Fsp3) is 0.462. The van der Waals surface area contributed by atoms with Gasteiger partial charge in [0.25, 0.3) is 5.91 Å². The standard InChI is InChI=1S/C13H20N4O3/c1-3-6-15-7-10-11(5-4-9(2)16-10)20-8-12(18)17-13(14)19/h4-5,15H,3,6-8H2,1-2H3,(H3,14,17,18,19). The minimum Gasteiger partial charge on any atom is -0.482 e. The zero-order valence-corrected chi connectivity index (χ0v) is 11.7. The highest BCUT2D eigenvalue weighted by molar-refractivity contribution is 5.94. The van der Waals surface area contributed by atoms with Gasteiger partial charge in [-0.05, 0) is 32.0 Å². The summed E-state index contributed by atoms with van der Waals surface area (Å²) in [5.74, 6) is -0.0793. The predicted octanol–water partition coefficient (Wildman–Crippen LogP) is 0.463.